The molecule has 0 saturated carbocycles. The zero-order valence-electron chi connectivity index (χ0n) is 9.27. The van der Waals surface area contributed by atoms with Crippen LogP contribution in [0.1, 0.15) is 41.5 Å². The van der Waals surface area contributed by atoms with Crippen molar-refractivity contribution < 1.29 is 9.47 Å². The number of rotatable bonds is 2. The Bertz CT molecular complexity index is 184. The molecule has 0 amide bonds. The van der Waals surface area contributed by atoms with Gasteiger partial charge in [0.1, 0.15) is 17.5 Å². The lowest BCUT2D eigenvalue weighted by Gasteiger charge is -2.22. The van der Waals surface area contributed by atoms with Crippen LogP contribution in [0.2, 0.25) is 0 Å². The normalized spacial score (nSPS) is 14.2. The third-order valence-electron chi connectivity index (χ3n) is 0.909. The minimum Gasteiger partial charge on any atom is -0.491 e. The second-order valence-electron chi connectivity index (χ2n) is 4.87. The maximum atomic E-state index is 5.49. The van der Waals surface area contributed by atoms with Crippen molar-refractivity contribution in [2.75, 3.05) is 0 Å². The molecule has 0 bridgehead atoms. The maximum absolute atomic E-state index is 5.49. The molecule has 78 valence electrons. The van der Waals surface area contributed by atoms with Crippen molar-refractivity contribution in [2.24, 2.45) is 0 Å². The summed E-state index contributed by atoms with van der Waals surface area (Å²) in [6, 6.07) is 0. The van der Waals surface area contributed by atoms with Gasteiger partial charge in [0.25, 0.3) is 0 Å². The molecule has 0 aromatic heterocycles. The van der Waals surface area contributed by atoms with Crippen LogP contribution in [0, 0.1) is 0 Å². The SMILES string of the molecule is CC(C)(C)OC=C(Br)OC(C)(C)C. The van der Waals surface area contributed by atoms with E-state index in [9.17, 15) is 0 Å². The highest BCUT2D eigenvalue weighted by Gasteiger charge is 2.14. The molecule has 0 aliphatic heterocycles. The Kier molecular flexibility index (Phi) is 4.30. The summed E-state index contributed by atoms with van der Waals surface area (Å²) in [4.78, 5) is 0. The number of hydrogen-bond donors (Lipinski definition) is 0. The smallest absolute Gasteiger partial charge is 0.197 e. The molecule has 0 atom stereocenters. The fourth-order valence-electron chi connectivity index (χ4n) is 0.540. The van der Waals surface area contributed by atoms with Gasteiger partial charge in [-0.2, -0.15) is 0 Å². The second kappa shape index (κ2) is 4.36. The molecule has 0 unspecified atom stereocenters. The molecule has 0 aliphatic carbocycles. The van der Waals surface area contributed by atoms with Crippen LogP contribution in [-0.4, -0.2) is 11.2 Å². The van der Waals surface area contributed by atoms with Gasteiger partial charge in [-0.3, -0.25) is 0 Å². The number of ether oxygens (including phenoxy) is 2. The molecule has 13 heavy (non-hydrogen) atoms. The van der Waals surface area contributed by atoms with Crippen LogP contribution in [0.5, 0.6) is 0 Å². The topological polar surface area (TPSA) is 18.5 Å². The predicted octanol–water partition coefficient (Wildman–Crippen LogP) is 3.81. The minimum atomic E-state index is -0.198. The number of halogens is 1. The first-order valence-electron chi connectivity index (χ1n) is 4.33. The lowest BCUT2D eigenvalue weighted by molar-refractivity contribution is 0.0391. The lowest BCUT2D eigenvalue weighted by Crippen LogP contribution is -2.19. The van der Waals surface area contributed by atoms with Gasteiger partial charge in [0.15, 0.2) is 4.67 Å². The first-order valence-corrected chi connectivity index (χ1v) is 5.12. The average molecular weight is 251 g/mol. The third kappa shape index (κ3) is 9.74. The van der Waals surface area contributed by atoms with Gasteiger partial charge in [-0.05, 0) is 57.5 Å². The van der Waals surface area contributed by atoms with Crippen LogP contribution in [0.25, 0.3) is 0 Å². The summed E-state index contributed by atoms with van der Waals surface area (Å²) in [5.41, 5.74) is -0.378. The average Bonchev–Trinajstić information content (AvgIpc) is 1.78. The molecule has 0 aromatic rings. The summed E-state index contributed by atoms with van der Waals surface area (Å²) < 4.78 is 11.5. The Morgan fingerprint density at radius 3 is 1.77 bits per heavy atom. The second-order valence-corrected chi connectivity index (χ2v) is 5.65. The van der Waals surface area contributed by atoms with E-state index >= 15 is 0 Å². The number of hydrogen-bond acceptors (Lipinski definition) is 2. The maximum Gasteiger partial charge on any atom is 0.197 e. The van der Waals surface area contributed by atoms with Crippen molar-refractivity contribution in [3.8, 4) is 0 Å². The van der Waals surface area contributed by atoms with Gasteiger partial charge in [-0.15, -0.1) is 0 Å². The van der Waals surface area contributed by atoms with Crippen LogP contribution in [-0.2, 0) is 9.47 Å². The largest absolute Gasteiger partial charge is 0.491 e. The molecular weight excluding hydrogens is 232 g/mol. The van der Waals surface area contributed by atoms with E-state index in [1.54, 1.807) is 6.26 Å². The van der Waals surface area contributed by atoms with E-state index in [2.05, 4.69) is 15.9 Å². The van der Waals surface area contributed by atoms with Crippen molar-refractivity contribution in [1.29, 1.82) is 0 Å². The molecule has 2 nitrogen and oxygen atoms in total. The molecule has 0 heterocycles. The van der Waals surface area contributed by atoms with Crippen LogP contribution < -0.4 is 0 Å². The summed E-state index contributed by atoms with van der Waals surface area (Å²) in [6.45, 7) is 11.9. The summed E-state index contributed by atoms with van der Waals surface area (Å²) in [7, 11) is 0. The van der Waals surface area contributed by atoms with E-state index in [4.69, 9.17) is 9.47 Å². The highest BCUT2D eigenvalue weighted by atomic mass is 79.9. The van der Waals surface area contributed by atoms with E-state index < -0.39 is 0 Å². The van der Waals surface area contributed by atoms with Gasteiger partial charge in [-0.25, -0.2) is 0 Å². The van der Waals surface area contributed by atoms with Crippen LogP contribution >= 0.6 is 15.9 Å². The summed E-state index contributed by atoms with van der Waals surface area (Å²) in [5.74, 6) is 0. The minimum absolute atomic E-state index is 0.180. The fraction of sp³-hybridized carbons (Fsp3) is 0.800. The van der Waals surface area contributed by atoms with Crippen molar-refractivity contribution in [2.45, 2.75) is 52.7 Å². The zero-order valence-corrected chi connectivity index (χ0v) is 10.9. The zero-order chi connectivity index (χ0) is 10.7. The van der Waals surface area contributed by atoms with Gasteiger partial charge in [0, 0.05) is 0 Å². The molecule has 0 fully saturated rings. The quantitative estimate of drug-likeness (QED) is 0.695. The molecule has 0 radical (unpaired) electrons. The van der Waals surface area contributed by atoms with Gasteiger partial charge in [0.05, 0.1) is 0 Å². The molecular formula is C10H19BrO2. The van der Waals surface area contributed by atoms with E-state index in [0.29, 0.717) is 4.67 Å². The molecule has 0 aromatic carbocycles. The van der Waals surface area contributed by atoms with Crippen molar-refractivity contribution in [3.05, 3.63) is 10.9 Å². The summed E-state index contributed by atoms with van der Waals surface area (Å²) in [5, 5.41) is 0. The Morgan fingerprint density at radius 1 is 1.00 bits per heavy atom. The standard InChI is InChI=1S/C10H19BrO2/c1-9(2,3)12-7-8(11)13-10(4,5)6/h7H,1-6H3. The molecule has 0 aliphatic rings. The van der Waals surface area contributed by atoms with E-state index in [1.165, 1.54) is 0 Å². The van der Waals surface area contributed by atoms with Crippen LogP contribution in [0.4, 0.5) is 0 Å². The van der Waals surface area contributed by atoms with Crippen LogP contribution in [0.3, 0.4) is 0 Å². The van der Waals surface area contributed by atoms with Gasteiger partial charge in [-0.1, -0.05) is 0 Å². The Hall–Kier alpha value is -0.180. The predicted molar refractivity (Wildman–Crippen MR) is 58.7 cm³/mol. The van der Waals surface area contributed by atoms with E-state index in [-0.39, 0.29) is 11.2 Å². The molecule has 3 heteroatoms. The first-order chi connectivity index (χ1) is 5.60. The van der Waals surface area contributed by atoms with E-state index in [0.717, 1.165) is 0 Å². The fourth-order valence-corrected chi connectivity index (χ4v) is 1.12. The third-order valence-corrected chi connectivity index (χ3v) is 1.26. The van der Waals surface area contributed by atoms with Crippen LogP contribution in [0.15, 0.2) is 10.9 Å². The lowest BCUT2D eigenvalue weighted by atomic mass is 10.2. The Balaban J connectivity index is 4.05. The van der Waals surface area contributed by atoms with Crippen molar-refractivity contribution >= 4 is 15.9 Å². The first kappa shape index (κ1) is 12.8. The Labute approximate surface area is 89.4 Å². The monoisotopic (exact) mass is 250 g/mol. The Morgan fingerprint density at radius 2 is 1.46 bits per heavy atom. The molecule has 0 N–H and O–H groups in total. The highest BCUT2D eigenvalue weighted by Crippen LogP contribution is 2.19. The summed E-state index contributed by atoms with van der Waals surface area (Å²) >= 11 is 3.28. The molecule has 0 rings (SSSR count). The summed E-state index contributed by atoms with van der Waals surface area (Å²) in [6.07, 6.45) is 1.59. The highest BCUT2D eigenvalue weighted by molar-refractivity contribution is 9.11. The van der Waals surface area contributed by atoms with Gasteiger partial charge < -0.3 is 9.47 Å². The van der Waals surface area contributed by atoms with E-state index in [1.807, 2.05) is 41.5 Å². The molecule has 0 saturated heterocycles. The molecule has 0 spiro atoms. The van der Waals surface area contributed by atoms with Gasteiger partial charge >= 0.3 is 0 Å². The van der Waals surface area contributed by atoms with Crippen molar-refractivity contribution in [1.82, 2.24) is 0 Å². The van der Waals surface area contributed by atoms with Crippen molar-refractivity contribution in [3.63, 3.8) is 0 Å². The van der Waals surface area contributed by atoms with Gasteiger partial charge in [0.2, 0.25) is 0 Å².